The first-order chi connectivity index (χ1) is 13.0. The second-order valence-corrected chi connectivity index (χ2v) is 6.31. The van der Waals surface area contributed by atoms with Crippen LogP contribution in [0.25, 0.3) is 0 Å². The van der Waals surface area contributed by atoms with Gasteiger partial charge in [-0.2, -0.15) is 5.10 Å². The summed E-state index contributed by atoms with van der Waals surface area (Å²) in [5.41, 5.74) is 3.00. The molecule has 0 bridgehead atoms. The molecule has 1 amide bonds. The predicted molar refractivity (Wildman–Crippen MR) is 104 cm³/mol. The Morgan fingerprint density at radius 3 is 2.59 bits per heavy atom. The lowest BCUT2D eigenvalue weighted by Crippen LogP contribution is -2.22. The van der Waals surface area contributed by atoms with Gasteiger partial charge in [0.05, 0.1) is 19.3 Å². The van der Waals surface area contributed by atoms with E-state index in [1.165, 1.54) is 0 Å². The minimum Gasteiger partial charge on any atom is -0.493 e. The van der Waals surface area contributed by atoms with Crippen LogP contribution in [0.1, 0.15) is 16.8 Å². The number of amides is 1. The maximum atomic E-state index is 12.3. The van der Waals surface area contributed by atoms with Crippen LogP contribution in [0.5, 0.6) is 11.5 Å². The second kappa shape index (κ2) is 8.40. The van der Waals surface area contributed by atoms with Gasteiger partial charge in [0, 0.05) is 6.07 Å². The summed E-state index contributed by atoms with van der Waals surface area (Å²) in [6.45, 7) is 4.33. The molecule has 0 saturated heterocycles. The number of ether oxygens (including phenoxy) is 2. The highest BCUT2D eigenvalue weighted by molar-refractivity contribution is 5.91. The molecule has 3 aromatic rings. The molecular weight excluding hydrogens is 342 g/mol. The van der Waals surface area contributed by atoms with Crippen LogP contribution in [0.3, 0.4) is 0 Å². The molecule has 0 aliphatic heterocycles. The predicted octanol–water partition coefficient (Wildman–Crippen LogP) is 3.57. The van der Waals surface area contributed by atoms with E-state index in [1.807, 2.05) is 62.4 Å². The molecular formula is C21H23N3O3. The fourth-order valence-electron chi connectivity index (χ4n) is 2.74. The van der Waals surface area contributed by atoms with Gasteiger partial charge < -0.3 is 14.8 Å². The number of carbonyl (C=O) groups excluding carboxylic acids is 1. The second-order valence-electron chi connectivity index (χ2n) is 6.31. The van der Waals surface area contributed by atoms with Crippen LogP contribution in [0.2, 0.25) is 0 Å². The Morgan fingerprint density at radius 2 is 1.85 bits per heavy atom. The summed E-state index contributed by atoms with van der Waals surface area (Å²) in [5.74, 6) is 1.52. The summed E-state index contributed by atoms with van der Waals surface area (Å²) >= 11 is 0. The summed E-state index contributed by atoms with van der Waals surface area (Å²) in [6, 6.07) is 17.4. The summed E-state index contributed by atoms with van der Waals surface area (Å²) < 4.78 is 12.7. The summed E-state index contributed by atoms with van der Waals surface area (Å²) in [4.78, 5) is 12.3. The number of anilines is 1. The molecule has 0 saturated carbocycles. The molecule has 2 aromatic carbocycles. The Morgan fingerprint density at radius 1 is 1.07 bits per heavy atom. The van der Waals surface area contributed by atoms with Gasteiger partial charge in [0.25, 0.3) is 5.91 Å². The lowest BCUT2D eigenvalue weighted by atomic mass is 10.2. The molecule has 3 rings (SSSR count). The van der Waals surface area contributed by atoms with Crippen molar-refractivity contribution in [1.82, 2.24) is 9.78 Å². The Labute approximate surface area is 158 Å². The van der Waals surface area contributed by atoms with Crippen LogP contribution in [-0.4, -0.2) is 29.4 Å². The molecule has 140 valence electrons. The maximum Gasteiger partial charge on any atom is 0.263 e. The molecule has 27 heavy (non-hydrogen) atoms. The Balaban J connectivity index is 1.64. The average molecular weight is 365 g/mol. The molecule has 0 aliphatic rings. The first-order valence-corrected chi connectivity index (χ1v) is 8.71. The van der Waals surface area contributed by atoms with Gasteiger partial charge in [-0.15, -0.1) is 0 Å². The van der Waals surface area contributed by atoms with E-state index in [0.29, 0.717) is 23.9 Å². The Bertz CT molecular complexity index is 920. The molecule has 1 heterocycles. The number of nitrogens with zero attached hydrogens (tertiary/aromatic N) is 2. The highest BCUT2D eigenvalue weighted by Gasteiger charge is 2.12. The monoisotopic (exact) mass is 365 g/mol. The molecule has 6 heteroatoms. The van der Waals surface area contributed by atoms with Crippen LogP contribution in [-0.2, 0) is 11.3 Å². The highest BCUT2D eigenvalue weighted by atomic mass is 16.5. The summed E-state index contributed by atoms with van der Waals surface area (Å²) in [6.07, 6.45) is 0. The van der Waals surface area contributed by atoms with E-state index < -0.39 is 0 Å². The summed E-state index contributed by atoms with van der Waals surface area (Å²) in [5, 5.41) is 7.32. The van der Waals surface area contributed by atoms with Crippen molar-refractivity contribution < 1.29 is 14.3 Å². The van der Waals surface area contributed by atoms with Crippen LogP contribution < -0.4 is 14.8 Å². The summed E-state index contributed by atoms with van der Waals surface area (Å²) in [7, 11) is 1.58. The fraction of sp³-hybridized carbons (Fsp3) is 0.238. The third-order valence-electron chi connectivity index (χ3n) is 4.02. The smallest absolute Gasteiger partial charge is 0.263 e. The van der Waals surface area contributed by atoms with E-state index in [2.05, 4.69) is 10.4 Å². The van der Waals surface area contributed by atoms with E-state index in [9.17, 15) is 4.79 Å². The van der Waals surface area contributed by atoms with Gasteiger partial charge in [-0.05, 0) is 37.1 Å². The number of carbonyl (C=O) groups is 1. The molecule has 0 atom stereocenters. The molecule has 1 aromatic heterocycles. The van der Waals surface area contributed by atoms with Crippen LogP contribution in [0.15, 0.2) is 54.6 Å². The van der Waals surface area contributed by atoms with Gasteiger partial charge in [0.2, 0.25) is 0 Å². The standard InChI is InChI=1S/C21H23N3O3/c1-15-9-10-18(19(11-15)26-3)27-14-21(25)22-20-12-16(2)23-24(20)13-17-7-5-4-6-8-17/h4-12H,13-14H2,1-3H3,(H,22,25). The number of hydrogen-bond acceptors (Lipinski definition) is 4. The van der Waals surface area contributed by atoms with Gasteiger partial charge >= 0.3 is 0 Å². The number of aryl methyl sites for hydroxylation is 2. The van der Waals surface area contributed by atoms with Crippen molar-refractivity contribution >= 4 is 11.7 Å². The van der Waals surface area contributed by atoms with E-state index in [1.54, 1.807) is 17.9 Å². The van der Waals surface area contributed by atoms with E-state index in [-0.39, 0.29) is 12.5 Å². The van der Waals surface area contributed by atoms with E-state index in [0.717, 1.165) is 16.8 Å². The lowest BCUT2D eigenvalue weighted by Gasteiger charge is -2.12. The quantitative estimate of drug-likeness (QED) is 0.695. The molecule has 0 spiro atoms. The largest absolute Gasteiger partial charge is 0.493 e. The molecule has 0 radical (unpaired) electrons. The first kappa shape index (κ1) is 18.5. The minimum absolute atomic E-state index is 0.116. The van der Waals surface area contributed by atoms with Crippen molar-refractivity contribution in [3.8, 4) is 11.5 Å². The van der Waals surface area contributed by atoms with Crippen molar-refractivity contribution in [2.24, 2.45) is 0 Å². The van der Waals surface area contributed by atoms with Gasteiger partial charge in [-0.25, -0.2) is 4.68 Å². The average Bonchev–Trinajstić information content (AvgIpc) is 3.00. The first-order valence-electron chi connectivity index (χ1n) is 8.71. The highest BCUT2D eigenvalue weighted by Crippen LogP contribution is 2.27. The van der Waals surface area contributed by atoms with E-state index in [4.69, 9.17) is 9.47 Å². The molecule has 0 aliphatic carbocycles. The Hall–Kier alpha value is -3.28. The van der Waals surface area contributed by atoms with Crippen LogP contribution in [0, 0.1) is 13.8 Å². The maximum absolute atomic E-state index is 12.3. The normalized spacial score (nSPS) is 10.5. The topological polar surface area (TPSA) is 65.4 Å². The van der Waals surface area contributed by atoms with Crippen molar-refractivity contribution in [2.45, 2.75) is 20.4 Å². The van der Waals surface area contributed by atoms with Crippen molar-refractivity contribution in [2.75, 3.05) is 19.0 Å². The number of hydrogen-bond donors (Lipinski definition) is 1. The van der Waals surface area contributed by atoms with Gasteiger partial charge in [-0.3, -0.25) is 4.79 Å². The van der Waals surface area contributed by atoms with Crippen LogP contribution >= 0.6 is 0 Å². The van der Waals surface area contributed by atoms with Crippen molar-refractivity contribution in [1.29, 1.82) is 0 Å². The SMILES string of the molecule is COc1cc(C)ccc1OCC(=O)Nc1cc(C)nn1Cc1ccccc1. The van der Waals surface area contributed by atoms with Gasteiger partial charge in [-0.1, -0.05) is 36.4 Å². The fourth-order valence-corrected chi connectivity index (χ4v) is 2.74. The zero-order valence-corrected chi connectivity index (χ0v) is 15.7. The van der Waals surface area contributed by atoms with Crippen molar-refractivity contribution in [3.05, 3.63) is 71.4 Å². The zero-order chi connectivity index (χ0) is 19.2. The number of aromatic nitrogens is 2. The number of rotatable bonds is 7. The van der Waals surface area contributed by atoms with Gasteiger partial charge in [0.15, 0.2) is 18.1 Å². The third kappa shape index (κ3) is 4.88. The third-order valence-corrected chi connectivity index (χ3v) is 4.02. The molecule has 6 nitrogen and oxygen atoms in total. The Kier molecular flexibility index (Phi) is 5.76. The number of benzene rings is 2. The molecule has 0 fully saturated rings. The lowest BCUT2D eigenvalue weighted by molar-refractivity contribution is -0.118. The van der Waals surface area contributed by atoms with E-state index >= 15 is 0 Å². The number of nitrogens with one attached hydrogen (secondary N) is 1. The van der Waals surface area contributed by atoms with Crippen LogP contribution in [0.4, 0.5) is 5.82 Å². The van der Waals surface area contributed by atoms with Crippen molar-refractivity contribution in [3.63, 3.8) is 0 Å². The number of methoxy groups -OCH3 is 1. The minimum atomic E-state index is -0.258. The zero-order valence-electron chi connectivity index (χ0n) is 15.7. The molecule has 0 unspecified atom stereocenters. The van der Waals surface area contributed by atoms with Gasteiger partial charge in [0.1, 0.15) is 5.82 Å². The molecule has 1 N–H and O–H groups in total.